The number of hydrogen-bond acceptors (Lipinski definition) is 4. The minimum Gasteiger partial charge on any atom is -0.343 e. The van der Waals surface area contributed by atoms with E-state index < -0.39 is 47.3 Å². The van der Waals surface area contributed by atoms with Crippen LogP contribution < -0.4 is 16.0 Å². The van der Waals surface area contributed by atoms with Crippen molar-refractivity contribution in [3.05, 3.63) is 65.2 Å². The summed E-state index contributed by atoms with van der Waals surface area (Å²) in [5, 5.41) is 7.96. The van der Waals surface area contributed by atoms with E-state index in [4.69, 9.17) is 0 Å². The van der Waals surface area contributed by atoms with E-state index in [0.29, 0.717) is 12.0 Å². The maximum absolute atomic E-state index is 14.2. The molecule has 0 saturated carbocycles. The van der Waals surface area contributed by atoms with Crippen LogP contribution in [0, 0.1) is 17.6 Å². The fraction of sp³-hybridized carbons (Fsp3) is 0.400. The summed E-state index contributed by atoms with van der Waals surface area (Å²) >= 11 is 0. The molecule has 7 nitrogen and oxygen atoms in total. The molecule has 0 aliphatic carbocycles. The van der Waals surface area contributed by atoms with Gasteiger partial charge in [0.1, 0.15) is 29.4 Å². The first-order valence-electron chi connectivity index (χ1n) is 11.3. The number of rotatable bonds is 8. The third-order valence-electron chi connectivity index (χ3n) is 6.35. The number of carbonyl (C=O) groups is 3. The average molecular weight is 509 g/mol. The molecule has 35 heavy (non-hydrogen) atoms. The second kappa shape index (κ2) is 12.1. The van der Waals surface area contributed by atoms with E-state index in [1.165, 1.54) is 11.0 Å². The van der Waals surface area contributed by atoms with Crippen molar-refractivity contribution in [1.29, 1.82) is 0 Å². The summed E-state index contributed by atoms with van der Waals surface area (Å²) in [5.74, 6) is -3.55. The molecule has 0 fully saturated rings. The van der Waals surface area contributed by atoms with Gasteiger partial charge in [-0.05, 0) is 43.1 Å². The molecule has 4 atom stereocenters. The summed E-state index contributed by atoms with van der Waals surface area (Å²) in [6, 6.07) is 7.83. The average Bonchev–Trinajstić information content (AvgIpc) is 3.23. The van der Waals surface area contributed by atoms with Crippen molar-refractivity contribution in [1.82, 2.24) is 15.5 Å². The van der Waals surface area contributed by atoms with Gasteiger partial charge in [-0.2, -0.15) is 0 Å². The highest BCUT2D eigenvalue weighted by atomic mass is 35.5. The van der Waals surface area contributed by atoms with Crippen LogP contribution in [0.2, 0.25) is 0 Å². The monoisotopic (exact) mass is 508 g/mol. The molecule has 0 spiro atoms. The number of likely N-dealkylation sites (N-methyl/N-ethyl adjacent to an activating group) is 1. The van der Waals surface area contributed by atoms with Crippen molar-refractivity contribution >= 4 is 35.8 Å². The SMILES string of the molecule is CC[C@H](C)[C@H](NC(=O)C(C)NC)C(=O)N1Cc2ccccc2[C@H]1C(=O)Nc1c(F)cccc1F.Cl. The molecule has 2 aromatic rings. The Morgan fingerprint density at radius 3 is 2.29 bits per heavy atom. The van der Waals surface area contributed by atoms with Crippen LogP contribution in [0.1, 0.15) is 44.4 Å². The second-order valence-corrected chi connectivity index (χ2v) is 8.54. The Balaban J connectivity index is 0.00000432. The molecule has 1 unspecified atom stereocenters. The van der Waals surface area contributed by atoms with E-state index in [1.54, 1.807) is 38.2 Å². The molecule has 3 rings (SSSR count). The number of nitrogens with zero attached hydrogens (tertiary/aromatic N) is 1. The minimum atomic E-state index is -1.10. The molecule has 3 N–H and O–H groups in total. The zero-order chi connectivity index (χ0) is 25.0. The number of halogens is 3. The standard InChI is InChI=1S/C25H30F2N4O3.ClH/c1-5-14(2)20(29-23(32)15(3)28-4)25(34)31-13-16-9-6-7-10-17(16)22(31)24(33)30-21-18(26)11-8-12-19(21)27;/h6-12,14-15,20,22,28H,5,13H2,1-4H3,(H,29,32)(H,30,33);1H/t14-,15?,20-,22-;/m0./s1. The molecule has 0 radical (unpaired) electrons. The number of fused-ring (bicyclic) bond motifs is 1. The van der Waals surface area contributed by atoms with Gasteiger partial charge in [-0.15, -0.1) is 12.4 Å². The van der Waals surface area contributed by atoms with E-state index in [2.05, 4.69) is 16.0 Å². The van der Waals surface area contributed by atoms with E-state index in [9.17, 15) is 23.2 Å². The first-order chi connectivity index (χ1) is 16.2. The van der Waals surface area contributed by atoms with E-state index in [0.717, 1.165) is 17.7 Å². The van der Waals surface area contributed by atoms with Crippen LogP contribution in [0.5, 0.6) is 0 Å². The summed E-state index contributed by atoms with van der Waals surface area (Å²) in [5.41, 5.74) is 0.754. The van der Waals surface area contributed by atoms with Crippen LogP contribution in [0.15, 0.2) is 42.5 Å². The van der Waals surface area contributed by atoms with Crippen LogP contribution in [0.25, 0.3) is 0 Å². The Kier molecular flexibility index (Phi) is 9.73. The Morgan fingerprint density at radius 1 is 1.06 bits per heavy atom. The molecule has 0 saturated heterocycles. The first kappa shape index (κ1) is 28.2. The van der Waals surface area contributed by atoms with Gasteiger partial charge in [0.05, 0.1) is 6.04 Å². The smallest absolute Gasteiger partial charge is 0.252 e. The van der Waals surface area contributed by atoms with Gasteiger partial charge in [0.25, 0.3) is 5.91 Å². The molecule has 1 heterocycles. The number of benzene rings is 2. The van der Waals surface area contributed by atoms with Gasteiger partial charge in [-0.3, -0.25) is 14.4 Å². The maximum Gasteiger partial charge on any atom is 0.252 e. The number of nitrogens with one attached hydrogen (secondary N) is 3. The fourth-order valence-electron chi connectivity index (χ4n) is 3.96. The van der Waals surface area contributed by atoms with Crippen LogP contribution in [-0.4, -0.2) is 41.8 Å². The third kappa shape index (κ3) is 5.97. The molecule has 0 bridgehead atoms. The molecular weight excluding hydrogens is 478 g/mol. The molecule has 1 aliphatic heterocycles. The molecule has 2 aromatic carbocycles. The topological polar surface area (TPSA) is 90.5 Å². The number of hydrogen-bond donors (Lipinski definition) is 3. The van der Waals surface area contributed by atoms with Crippen LogP contribution >= 0.6 is 12.4 Å². The molecule has 1 aliphatic rings. The molecular formula is C25H31ClF2N4O3. The lowest BCUT2D eigenvalue weighted by atomic mass is 9.96. The lowest BCUT2D eigenvalue weighted by Crippen LogP contribution is -2.55. The molecule has 3 amide bonds. The van der Waals surface area contributed by atoms with Crippen LogP contribution in [0.3, 0.4) is 0 Å². The highest BCUT2D eigenvalue weighted by molar-refractivity contribution is 6.00. The lowest BCUT2D eigenvalue weighted by Gasteiger charge is -2.32. The zero-order valence-corrected chi connectivity index (χ0v) is 20.9. The van der Waals surface area contributed by atoms with Gasteiger partial charge >= 0.3 is 0 Å². The van der Waals surface area contributed by atoms with Crippen molar-refractivity contribution < 1.29 is 23.2 Å². The lowest BCUT2D eigenvalue weighted by molar-refractivity contribution is -0.143. The van der Waals surface area contributed by atoms with E-state index in [-0.39, 0.29) is 30.8 Å². The minimum absolute atomic E-state index is 0. The van der Waals surface area contributed by atoms with Gasteiger partial charge in [0.2, 0.25) is 11.8 Å². The Labute approximate surface area is 210 Å². The summed E-state index contributed by atoms with van der Waals surface area (Å²) in [6.45, 7) is 5.57. The maximum atomic E-state index is 14.2. The number of carbonyl (C=O) groups excluding carboxylic acids is 3. The van der Waals surface area contributed by atoms with Gasteiger partial charge < -0.3 is 20.9 Å². The van der Waals surface area contributed by atoms with Gasteiger partial charge in [0, 0.05) is 6.54 Å². The van der Waals surface area contributed by atoms with Gasteiger partial charge in [0.15, 0.2) is 0 Å². The quantitative estimate of drug-likeness (QED) is 0.508. The fourth-order valence-corrected chi connectivity index (χ4v) is 3.96. The first-order valence-corrected chi connectivity index (χ1v) is 11.3. The summed E-state index contributed by atoms with van der Waals surface area (Å²) < 4.78 is 28.4. The Bertz CT molecular complexity index is 1060. The molecule has 10 heteroatoms. The second-order valence-electron chi connectivity index (χ2n) is 8.54. The van der Waals surface area contributed by atoms with E-state index in [1.807, 2.05) is 13.8 Å². The highest BCUT2D eigenvalue weighted by Gasteiger charge is 2.42. The molecule has 0 aromatic heterocycles. The van der Waals surface area contributed by atoms with Gasteiger partial charge in [-0.25, -0.2) is 8.78 Å². The zero-order valence-electron chi connectivity index (χ0n) is 20.1. The number of anilines is 1. The number of para-hydroxylation sites is 1. The third-order valence-corrected chi connectivity index (χ3v) is 6.35. The van der Waals surface area contributed by atoms with E-state index >= 15 is 0 Å². The van der Waals surface area contributed by atoms with Crippen LogP contribution in [0.4, 0.5) is 14.5 Å². The van der Waals surface area contributed by atoms with Crippen molar-refractivity contribution in [2.24, 2.45) is 5.92 Å². The predicted molar refractivity (Wildman–Crippen MR) is 132 cm³/mol. The summed E-state index contributed by atoms with van der Waals surface area (Å²) in [7, 11) is 1.64. The van der Waals surface area contributed by atoms with Crippen molar-refractivity contribution in [2.45, 2.75) is 51.9 Å². The van der Waals surface area contributed by atoms with Crippen molar-refractivity contribution in [3.63, 3.8) is 0 Å². The van der Waals surface area contributed by atoms with Crippen molar-refractivity contribution in [3.8, 4) is 0 Å². The highest BCUT2D eigenvalue weighted by Crippen LogP contribution is 2.36. The van der Waals surface area contributed by atoms with Crippen LogP contribution in [-0.2, 0) is 20.9 Å². The Morgan fingerprint density at radius 2 is 1.69 bits per heavy atom. The Hall–Kier alpha value is -3.04. The molecule has 190 valence electrons. The largest absolute Gasteiger partial charge is 0.343 e. The summed E-state index contributed by atoms with van der Waals surface area (Å²) in [6.07, 6.45) is 0.614. The van der Waals surface area contributed by atoms with Gasteiger partial charge in [-0.1, -0.05) is 50.6 Å². The summed E-state index contributed by atoms with van der Waals surface area (Å²) in [4.78, 5) is 41.0. The number of amides is 3. The predicted octanol–water partition coefficient (Wildman–Crippen LogP) is 3.55. The van der Waals surface area contributed by atoms with Crippen molar-refractivity contribution in [2.75, 3.05) is 12.4 Å². The normalized spacial score (nSPS) is 17.0.